The monoisotopic (exact) mass is 159 g/mol. The van der Waals surface area contributed by atoms with E-state index in [0.717, 1.165) is 12.8 Å². The van der Waals surface area contributed by atoms with Gasteiger partial charge in [-0.25, -0.2) is 0 Å². The van der Waals surface area contributed by atoms with Gasteiger partial charge in [0.15, 0.2) is 0 Å². The molecule has 0 rings (SSSR count). The maximum absolute atomic E-state index is 8.12. The summed E-state index contributed by atoms with van der Waals surface area (Å²) in [4.78, 5) is 0. The van der Waals surface area contributed by atoms with E-state index in [2.05, 4.69) is 25.6 Å². The van der Waals surface area contributed by atoms with Gasteiger partial charge in [0.25, 0.3) is 0 Å². The van der Waals surface area contributed by atoms with Crippen LogP contribution in [0.4, 0.5) is 0 Å². The summed E-state index contributed by atoms with van der Waals surface area (Å²) in [6, 6.07) is 2.13. The molecule has 0 aromatic heterocycles. The quantitative estimate of drug-likeness (QED) is 0.494. The molecule has 60 valence electrons. The van der Waals surface area contributed by atoms with Crippen LogP contribution in [0.15, 0.2) is 0 Å². The van der Waals surface area contributed by atoms with Crippen molar-refractivity contribution in [2.24, 2.45) is 0 Å². The lowest BCUT2D eigenvalue weighted by atomic mass is 10.2. The zero-order valence-corrected chi connectivity index (χ0v) is 7.82. The predicted molar refractivity (Wildman–Crippen MR) is 49.3 cm³/mol. The summed E-state index contributed by atoms with van der Waals surface area (Å²) < 4.78 is 0. The van der Waals surface area contributed by atoms with Crippen LogP contribution < -0.4 is 0 Å². The van der Waals surface area contributed by atoms with Crippen molar-refractivity contribution >= 4 is 12.6 Å². The van der Waals surface area contributed by atoms with Crippen molar-refractivity contribution in [1.29, 1.82) is 5.26 Å². The number of thiol groups is 1. The first-order chi connectivity index (χ1) is 4.91. The Balaban J connectivity index is 0. The molecule has 0 heterocycles. The average Bonchev–Trinajstić information content (AvgIpc) is 2.02. The van der Waals surface area contributed by atoms with E-state index in [1.165, 1.54) is 19.3 Å². The third-order valence-electron chi connectivity index (χ3n) is 1.14. The molecule has 0 aliphatic carbocycles. The fourth-order valence-electron chi connectivity index (χ4n) is 0.631. The maximum atomic E-state index is 8.12. The zero-order chi connectivity index (χ0) is 8.24. The van der Waals surface area contributed by atoms with Crippen LogP contribution in [0.3, 0.4) is 0 Å². The minimum absolute atomic E-state index is 0.736. The van der Waals surface area contributed by atoms with Gasteiger partial charge in [-0.1, -0.05) is 26.2 Å². The topological polar surface area (TPSA) is 23.8 Å². The summed E-state index contributed by atoms with van der Waals surface area (Å²) in [6.07, 6.45) is 7.28. The second kappa shape index (κ2) is 15.9. The highest BCUT2D eigenvalue weighted by Crippen LogP contribution is 2.00. The molecule has 0 aromatic rings. The van der Waals surface area contributed by atoms with Gasteiger partial charge >= 0.3 is 0 Å². The van der Waals surface area contributed by atoms with Gasteiger partial charge in [-0.3, -0.25) is 0 Å². The summed E-state index contributed by atoms with van der Waals surface area (Å²) in [6.45, 7) is 2.17. The molecule has 0 atom stereocenters. The van der Waals surface area contributed by atoms with Gasteiger partial charge in [0.05, 0.1) is 6.07 Å². The first-order valence-corrected chi connectivity index (χ1v) is 4.63. The molecule has 0 bridgehead atoms. The number of rotatable bonds is 4. The molecule has 0 amide bonds. The maximum Gasteiger partial charge on any atom is 0.0621 e. The average molecular weight is 159 g/mol. The van der Waals surface area contributed by atoms with Crippen molar-refractivity contribution in [3.63, 3.8) is 0 Å². The highest BCUT2D eigenvalue weighted by molar-refractivity contribution is 7.79. The molecule has 0 saturated carbocycles. The smallest absolute Gasteiger partial charge is 0.0621 e. The standard InChI is InChI=1S/C7H13N.CH4S/c1-2-3-4-5-6-7-8;1-2/h2-6H2,1H3;2H,1H3. The summed E-state index contributed by atoms with van der Waals surface area (Å²) in [7, 11) is 0. The number of hydrogen-bond acceptors (Lipinski definition) is 2. The number of hydrogen-bond donors (Lipinski definition) is 1. The fraction of sp³-hybridized carbons (Fsp3) is 0.875. The molecule has 10 heavy (non-hydrogen) atoms. The highest BCUT2D eigenvalue weighted by Gasteiger charge is 1.83. The normalized spacial score (nSPS) is 7.40. The van der Waals surface area contributed by atoms with Gasteiger partial charge in [-0.05, 0) is 12.7 Å². The third kappa shape index (κ3) is 15.7. The van der Waals surface area contributed by atoms with E-state index < -0.39 is 0 Å². The van der Waals surface area contributed by atoms with Gasteiger partial charge in [0, 0.05) is 6.42 Å². The SMILES string of the molecule is CCCCCCC#N.CS. The molecule has 0 fully saturated rings. The fourth-order valence-corrected chi connectivity index (χ4v) is 0.631. The van der Waals surface area contributed by atoms with Crippen LogP contribution in [0.25, 0.3) is 0 Å². The first-order valence-electron chi connectivity index (χ1n) is 3.73. The van der Waals surface area contributed by atoms with Crippen molar-refractivity contribution < 1.29 is 0 Å². The number of nitriles is 1. The highest BCUT2D eigenvalue weighted by atomic mass is 32.1. The zero-order valence-electron chi connectivity index (χ0n) is 6.93. The van der Waals surface area contributed by atoms with E-state index in [4.69, 9.17) is 5.26 Å². The minimum atomic E-state index is 0.736. The Hall–Kier alpha value is -0.160. The second-order valence-electron chi connectivity index (χ2n) is 1.97. The van der Waals surface area contributed by atoms with Crippen LogP contribution in [0.1, 0.15) is 39.0 Å². The van der Waals surface area contributed by atoms with Crippen LogP contribution >= 0.6 is 12.6 Å². The Morgan fingerprint density at radius 3 is 2.20 bits per heavy atom. The lowest BCUT2D eigenvalue weighted by molar-refractivity contribution is 0.678. The van der Waals surface area contributed by atoms with Crippen molar-refractivity contribution in [2.45, 2.75) is 39.0 Å². The first kappa shape index (κ1) is 12.5. The van der Waals surface area contributed by atoms with E-state index in [-0.39, 0.29) is 0 Å². The summed E-state index contributed by atoms with van der Waals surface area (Å²) >= 11 is 3.53. The molecule has 0 spiro atoms. The Bertz CT molecular complexity index is 75.8. The van der Waals surface area contributed by atoms with Crippen LogP contribution in [-0.2, 0) is 0 Å². The van der Waals surface area contributed by atoms with Crippen LogP contribution in [0.2, 0.25) is 0 Å². The minimum Gasteiger partial charge on any atom is -0.198 e. The number of unbranched alkanes of at least 4 members (excludes halogenated alkanes) is 4. The largest absolute Gasteiger partial charge is 0.198 e. The van der Waals surface area contributed by atoms with Gasteiger partial charge in [0.2, 0.25) is 0 Å². The van der Waals surface area contributed by atoms with E-state index >= 15 is 0 Å². The molecule has 1 nitrogen and oxygen atoms in total. The lowest BCUT2D eigenvalue weighted by Gasteiger charge is -1.89. The second-order valence-corrected chi connectivity index (χ2v) is 1.97. The molecule has 0 N–H and O–H groups in total. The van der Waals surface area contributed by atoms with Crippen LogP contribution in [0.5, 0.6) is 0 Å². The van der Waals surface area contributed by atoms with Crippen molar-refractivity contribution in [3.8, 4) is 6.07 Å². The Morgan fingerprint density at radius 1 is 1.20 bits per heavy atom. The van der Waals surface area contributed by atoms with Crippen LogP contribution in [0, 0.1) is 11.3 Å². The molecule has 0 aliphatic rings. The molecular formula is C8H17NS. The van der Waals surface area contributed by atoms with E-state index in [9.17, 15) is 0 Å². The molecule has 0 radical (unpaired) electrons. The predicted octanol–water partition coefficient (Wildman–Crippen LogP) is 3.03. The molecule has 0 aliphatic heterocycles. The van der Waals surface area contributed by atoms with Crippen molar-refractivity contribution in [2.75, 3.05) is 6.26 Å². The summed E-state index contributed by atoms with van der Waals surface area (Å²) in [5.74, 6) is 0. The summed E-state index contributed by atoms with van der Waals surface area (Å²) in [5.41, 5.74) is 0. The van der Waals surface area contributed by atoms with Gasteiger partial charge in [0.1, 0.15) is 0 Å². The van der Waals surface area contributed by atoms with Crippen molar-refractivity contribution in [3.05, 3.63) is 0 Å². The summed E-state index contributed by atoms with van der Waals surface area (Å²) in [5, 5.41) is 8.12. The van der Waals surface area contributed by atoms with Gasteiger partial charge < -0.3 is 0 Å². The van der Waals surface area contributed by atoms with E-state index in [1.807, 2.05) is 0 Å². The Kier molecular flexibility index (Phi) is 19.9. The molecule has 0 unspecified atom stereocenters. The Labute approximate surface area is 69.8 Å². The molecule has 0 saturated heterocycles. The van der Waals surface area contributed by atoms with E-state index in [1.54, 1.807) is 6.26 Å². The van der Waals surface area contributed by atoms with E-state index in [0.29, 0.717) is 0 Å². The number of nitrogens with zero attached hydrogens (tertiary/aromatic N) is 1. The van der Waals surface area contributed by atoms with Gasteiger partial charge in [-0.2, -0.15) is 17.9 Å². The lowest BCUT2D eigenvalue weighted by Crippen LogP contribution is -1.72. The molecule has 2 heteroatoms. The van der Waals surface area contributed by atoms with Crippen LogP contribution in [-0.4, -0.2) is 6.26 Å². The third-order valence-corrected chi connectivity index (χ3v) is 1.14. The molecular weight excluding hydrogens is 142 g/mol. The van der Waals surface area contributed by atoms with Crippen molar-refractivity contribution in [1.82, 2.24) is 0 Å². The molecule has 0 aromatic carbocycles. The van der Waals surface area contributed by atoms with Gasteiger partial charge in [-0.15, -0.1) is 0 Å². The Morgan fingerprint density at radius 2 is 1.80 bits per heavy atom.